The van der Waals surface area contributed by atoms with E-state index in [0.29, 0.717) is 5.56 Å². The van der Waals surface area contributed by atoms with Gasteiger partial charge in [-0.2, -0.15) is 0 Å². The van der Waals surface area contributed by atoms with E-state index in [1.54, 1.807) is 6.92 Å². The SMILES string of the molecule is Cc1cccc(OCCNC(=O)CN2C(=O)NC(C)(c3cccc4ccccc34)C2=O)c1. The normalized spacial score (nSPS) is 18.0. The summed E-state index contributed by atoms with van der Waals surface area (Å²) in [6.07, 6.45) is 0. The second-order valence-corrected chi connectivity index (χ2v) is 7.99. The summed E-state index contributed by atoms with van der Waals surface area (Å²) in [5, 5.41) is 7.32. The Balaban J connectivity index is 1.39. The molecule has 0 aliphatic carbocycles. The topological polar surface area (TPSA) is 87.7 Å². The molecule has 3 aromatic rings. The Labute approximate surface area is 186 Å². The maximum atomic E-state index is 13.2. The van der Waals surface area contributed by atoms with Crippen molar-refractivity contribution in [1.29, 1.82) is 0 Å². The predicted molar refractivity (Wildman–Crippen MR) is 121 cm³/mol. The van der Waals surface area contributed by atoms with Crippen molar-refractivity contribution in [3.8, 4) is 5.75 Å². The number of ether oxygens (including phenoxy) is 1. The second-order valence-electron chi connectivity index (χ2n) is 7.99. The fourth-order valence-corrected chi connectivity index (χ4v) is 3.95. The summed E-state index contributed by atoms with van der Waals surface area (Å²) in [6, 6.07) is 20.3. The zero-order chi connectivity index (χ0) is 22.7. The lowest BCUT2D eigenvalue weighted by Crippen LogP contribution is -2.43. The highest BCUT2D eigenvalue weighted by atomic mass is 16.5. The van der Waals surface area contributed by atoms with E-state index in [1.165, 1.54) is 0 Å². The Morgan fingerprint density at radius 2 is 1.81 bits per heavy atom. The third-order valence-corrected chi connectivity index (χ3v) is 5.59. The Hall–Kier alpha value is -3.87. The minimum Gasteiger partial charge on any atom is -0.492 e. The molecule has 32 heavy (non-hydrogen) atoms. The van der Waals surface area contributed by atoms with Gasteiger partial charge in [-0.1, -0.05) is 54.6 Å². The Kier molecular flexibility index (Phi) is 5.81. The first kappa shape index (κ1) is 21.4. The zero-order valence-corrected chi connectivity index (χ0v) is 18.1. The van der Waals surface area contributed by atoms with Crippen LogP contribution >= 0.6 is 0 Å². The number of aryl methyl sites for hydroxylation is 1. The average Bonchev–Trinajstić information content (AvgIpc) is 3.00. The van der Waals surface area contributed by atoms with Gasteiger partial charge in [-0.15, -0.1) is 0 Å². The summed E-state index contributed by atoms with van der Waals surface area (Å²) in [5.41, 5.74) is 0.537. The summed E-state index contributed by atoms with van der Waals surface area (Å²) >= 11 is 0. The van der Waals surface area contributed by atoms with Gasteiger partial charge in [0.1, 0.15) is 24.4 Å². The van der Waals surface area contributed by atoms with Crippen molar-refractivity contribution in [2.75, 3.05) is 19.7 Å². The first-order valence-corrected chi connectivity index (χ1v) is 10.5. The highest BCUT2D eigenvalue weighted by Gasteiger charge is 2.50. The molecule has 3 aromatic carbocycles. The minimum atomic E-state index is -1.24. The van der Waals surface area contributed by atoms with E-state index in [2.05, 4.69) is 10.6 Å². The lowest BCUT2D eigenvalue weighted by molar-refractivity contribution is -0.134. The van der Waals surface area contributed by atoms with Gasteiger partial charge < -0.3 is 15.4 Å². The number of imide groups is 1. The smallest absolute Gasteiger partial charge is 0.325 e. The molecule has 1 heterocycles. The van der Waals surface area contributed by atoms with Gasteiger partial charge in [-0.3, -0.25) is 14.5 Å². The molecule has 7 nitrogen and oxygen atoms in total. The molecular formula is C25H25N3O4. The van der Waals surface area contributed by atoms with Crippen LogP contribution in [-0.2, 0) is 15.1 Å². The third kappa shape index (κ3) is 4.14. The maximum Gasteiger partial charge on any atom is 0.325 e. The monoisotopic (exact) mass is 431 g/mol. The molecule has 1 atom stereocenters. The highest BCUT2D eigenvalue weighted by molar-refractivity contribution is 6.10. The molecule has 2 N–H and O–H groups in total. The molecule has 0 radical (unpaired) electrons. The number of hydrogen-bond donors (Lipinski definition) is 2. The van der Waals surface area contributed by atoms with Crippen molar-refractivity contribution in [3.05, 3.63) is 77.9 Å². The molecule has 1 fully saturated rings. The van der Waals surface area contributed by atoms with Gasteiger partial charge in [0.15, 0.2) is 0 Å². The van der Waals surface area contributed by atoms with E-state index < -0.39 is 23.4 Å². The Morgan fingerprint density at radius 1 is 1.06 bits per heavy atom. The summed E-state index contributed by atoms with van der Waals surface area (Å²) in [5.74, 6) is -0.160. The van der Waals surface area contributed by atoms with Crippen LogP contribution in [0.15, 0.2) is 66.7 Å². The Bertz CT molecular complexity index is 1190. The predicted octanol–water partition coefficient (Wildman–Crippen LogP) is 3.11. The van der Waals surface area contributed by atoms with Crippen LogP contribution in [-0.4, -0.2) is 42.4 Å². The van der Waals surface area contributed by atoms with Crippen LogP contribution in [0, 0.1) is 6.92 Å². The van der Waals surface area contributed by atoms with E-state index in [1.807, 2.05) is 73.7 Å². The van der Waals surface area contributed by atoms with Gasteiger partial charge in [-0.05, 0) is 47.9 Å². The maximum absolute atomic E-state index is 13.2. The van der Waals surface area contributed by atoms with Crippen molar-refractivity contribution in [3.63, 3.8) is 0 Å². The fourth-order valence-electron chi connectivity index (χ4n) is 3.95. The molecule has 1 unspecified atom stereocenters. The van der Waals surface area contributed by atoms with Crippen molar-refractivity contribution in [2.24, 2.45) is 0 Å². The molecule has 1 aliphatic heterocycles. The summed E-state index contributed by atoms with van der Waals surface area (Å²) in [6.45, 7) is 3.83. The van der Waals surface area contributed by atoms with Crippen molar-refractivity contribution in [1.82, 2.24) is 15.5 Å². The van der Waals surface area contributed by atoms with Crippen LogP contribution < -0.4 is 15.4 Å². The molecular weight excluding hydrogens is 406 g/mol. The van der Waals surface area contributed by atoms with E-state index >= 15 is 0 Å². The van der Waals surface area contributed by atoms with Crippen LogP contribution in [0.1, 0.15) is 18.1 Å². The molecule has 164 valence electrons. The van der Waals surface area contributed by atoms with E-state index in [4.69, 9.17) is 4.74 Å². The van der Waals surface area contributed by atoms with Gasteiger partial charge in [0, 0.05) is 0 Å². The van der Waals surface area contributed by atoms with Crippen LogP contribution in [0.5, 0.6) is 5.75 Å². The molecule has 0 saturated carbocycles. The fraction of sp³-hybridized carbons (Fsp3) is 0.240. The number of benzene rings is 3. The Morgan fingerprint density at radius 3 is 2.62 bits per heavy atom. The van der Waals surface area contributed by atoms with Crippen molar-refractivity contribution in [2.45, 2.75) is 19.4 Å². The lowest BCUT2D eigenvalue weighted by atomic mass is 9.88. The first-order valence-electron chi connectivity index (χ1n) is 10.5. The third-order valence-electron chi connectivity index (χ3n) is 5.59. The van der Waals surface area contributed by atoms with Gasteiger partial charge in [0.25, 0.3) is 5.91 Å². The van der Waals surface area contributed by atoms with Gasteiger partial charge in [0.05, 0.1) is 6.54 Å². The van der Waals surface area contributed by atoms with E-state index in [0.717, 1.165) is 27.0 Å². The second kappa shape index (κ2) is 8.70. The van der Waals surface area contributed by atoms with E-state index in [9.17, 15) is 14.4 Å². The number of hydrogen-bond acceptors (Lipinski definition) is 4. The van der Waals surface area contributed by atoms with Crippen LogP contribution in [0.2, 0.25) is 0 Å². The average molecular weight is 431 g/mol. The first-order chi connectivity index (χ1) is 15.4. The highest BCUT2D eigenvalue weighted by Crippen LogP contribution is 2.33. The van der Waals surface area contributed by atoms with Gasteiger partial charge >= 0.3 is 6.03 Å². The lowest BCUT2D eigenvalue weighted by Gasteiger charge is -2.24. The number of nitrogens with one attached hydrogen (secondary N) is 2. The molecule has 1 aliphatic rings. The number of rotatable bonds is 7. The number of nitrogens with zero attached hydrogens (tertiary/aromatic N) is 1. The molecule has 0 spiro atoms. The van der Waals surface area contributed by atoms with Crippen LogP contribution in [0.25, 0.3) is 10.8 Å². The summed E-state index contributed by atoms with van der Waals surface area (Å²) in [4.78, 5) is 39.1. The molecule has 0 aromatic heterocycles. The summed E-state index contributed by atoms with van der Waals surface area (Å²) < 4.78 is 5.61. The van der Waals surface area contributed by atoms with Crippen molar-refractivity contribution < 1.29 is 19.1 Å². The quantitative estimate of drug-likeness (QED) is 0.445. The molecule has 1 saturated heterocycles. The number of fused-ring (bicyclic) bond motifs is 1. The number of urea groups is 1. The number of carbonyl (C=O) groups is 3. The van der Waals surface area contributed by atoms with Crippen LogP contribution in [0.3, 0.4) is 0 Å². The van der Waals surface area contributed by atoms with Crippen LogP contribution in [0.4, 0.5) is 4.79 Å². The van der Waals surface area contributed by atoms with Gasteiger partial charge in [-0.25, -0.2) is 4.79 Å². The minimum absolute atomic E-state index is 0.261. The molecule has 4 amide bonds. The summed E-state index contributed by atoms with van der Waals surface area (Å²) in [7, 11) is 0. The molecule has 0 bridgehead atoms. The number of carbonyl (C=O) groups excluding carboxylic acids is 3. The molecule has 4 rings (SSSR count). The van der Waals surface area contributed by atoms with Crippen molar-refractivity contribution >= 4 is 28.6 Å². The standard InChI is InChI=1S/C25H25N3O4/c1-17-7-5-10-19(15-17)32-14-13-26-22(29)16-28-23(30)25(2,27-24(28)31)21-12-6-9-18-8-3-4-11-20(18)21/h3-12,15H,13-14,16H2,1-2H3,(H,26,29)(H,27,31). The van der Waals surface area contributed by atoms with Gasteiger partial charge in [0.2, 0.25) is 5.91 Å². The number of amides is 4. The largest absolute Gasteiger partial charge is 0.492 e. The van der Waals surface area contributed by atoms with E-state index in [-0.39, 0.29) is 19.7 Å². The molecule has 7 heteroatoms. The zero-order valence-electron chi connectivity index (χ0n) is 18.1.